The molecule has 0 atom stereocenters. The fourth-order valence-electron chi connectivity index (χ4n) is 1.40. The van der Waals surface area contributed by atoms with Crippen LogP contribution in [0.3, 0.4) is 0 Å². The van der Waals surface area contributed by atoms with Gasteiger partial charge in [0.25, 0.3) is 0 Å². The summed E-state index contributed by atoms with van der Waals surface area (Å²) in [6.45, 7) is 1.89. The van der Waals surface area contributed by atoms with E-state index < -0.39 is 0 Å². The van der Waals surface area contributed by atoms with Crippen LogP contribution in [0.2, 0.25) is 0 Å². The molecule has 16 heavy (non-hydrogen) atoms. The molecule has 0 unspecified atom stereocenters. The van der Waals surface area contributed by atoms with Crippen LogP contribution >= 0.6 is 0 Å². The zero-order chi connectivity index (χ0) is 11.4. The molecule has 0 aliphatic heterocycles. The third-order valence-corrected chi connectivity index (χ3v) is 2.24. The Morgan fingerprint density at radius 3 is 2.38 bits per heavy atom. The molecule has 1 aromatic heterocycles. The van der Waals surface area contributed by atoms with Gasteiger partial charge in [0.1, 0.15) is 0 Å². The molecular formula is C13H12N2O. The Bertz CT molecular complexity index is 477. The average Bonchev–Trinajstić information content (AvgIpc) is 2.31. The number of nitrogens with zero attached hydrogens (tertiary/aromatic N) is 2. The number of aryl methyl sites for hydroxylation is 1. The first-order valence-electron chi connectivity index (χ1n) is 5.11. The van der Waals surface area contributed by atoms with Gasteiger partial charge in [0.2, 0.25) is 5.78 Å². The number of hydrogen-bond donors (Lipinski definition) is 0. The Morgan fingerprint density at radius 2 is 1.75 bits per heavy atom. The third-order valence-electron chi connectivity index (χ3n) is 2.24. The van der Waals surface area contributed by atoms with Crippen molar-refractivity contribution in [2.45, 2.75) is 13.3 Å². The SMILES string of the molecule is Cc1cnc(C(=O)Cc2ccccc2)nc1. The molecule has 3 heteroatoms. The summed E-state index contributed by atoms with van der Waals surface area (Å²) in [5, 5.41) is 0. The molecule has 1 heterocycles. The quantitative estimate of drug-likeness (QED) is 0.732. The van der Waals surface area contributed by atoms with Gasteiger partial charge in [0, 0.05) is 18.8 Å². The van der Waals surface area contributed by atoms with Crippen molar-refractivity contribution in [3.8, 4) is 0 Å². The number of hydrogen-bond acceptors (Lipinski definition) is 3. The molecule has 0 fully saturated rings. The minimum Gasteiger partial charge on any atom is -0.290 e. The van der Waals surface area contributed by atoms with E-state index in [1.54, 1.807) is 12.4 Å². The summed E-state index contributed by atoms with van der Waals surface area (Å²) in [7, 11) is 0. The summed E-state index contributed by atoms with van der Waals surface area (Å²) in [4.78, 5) is 19.8. The number of rotatable bonds is 3. The zero-order valence-electron chi connectivity index (χ0n) is 9.05. The molecule has 0 N–H and O–H groups in total. The van der Waals surface area contributed by atoms with Gasteiger partial charge in [-0.05, 0) is 18.1 Å². The lowest BCUT2D eigenvalue weighted by molar-refractivity contribution is 0.0983. The lowest BCUT2D eigenvalue weighted by Crippen LogP contribution is -2.08. The number of ketones is 1. The zero-order valence-corrected chi connectivity index (χ0v) is 9.05. The minimum atomic E-state index is -0.0498. The monoisotopic (exact) mass is 212 g/mol. The number of carbonyl (C=O) groups excluding carboxylic acids is 1. The van der Waals surface area contributed by atoms with Crippen molar-refractivity contribution in [3.63, 3.8) is 0 Å². The summed E-state index contributed by atoms with van der Waals surface area (Å²) < 4.78 is 0. The Hall–Kier alpha value is -2.03. The lowest BCUT2D eigenvalue weighted by Gasteiger charge is -2.00. The van der Waals surface area contributed by atoms with Crippen LogP contribution in [0.15, 0.2) is 42.7 Å². The predicted molar refractivity (Wildman–Crippen MR) is 61.2 cm³/mol. The standard InChI is InChI=1S/C13H12N2O/c1-10-8-14-13(15-9-10)12(16)7-11-5-3-2-4-6-11/h2-6,8-9H,7H2,1H3. The molecule has 0 radical (unpaired) electrons. The molecule has 80 valence electrons. The van der Waals surface area contributed by atoms with Crippen LogP contribution in [0, 0.1) is 6.92 Å². The molecular weight excluding hydrogens is 200 g/mol. The van der Waals surface area contributed by atoms with E-state index in [4.69, 9.17) is 0 Å². The average molecular weight is 212 g/mol. The Morgan fingerprint density at radius 1 is 1.12 bits per heavy atom. The van der Waals surface area contributed by atoms with Crippen molar-refractivity contribution in [1.29, 1.82) is 0 Å². The summed E-state index contributed by atoms with van der Waals surface area (Å²) in [6, 6.07) is 9.60. The Balaban J connectivity index is 2.12. The van der Waals surface area contributed by atoms with Crippen LogP contribution in [-0.2, 0) is 6.42 Å². The highest BCUT2D eigenvalue weighted by atomic mass is 16.1. The smallest absolute Gasteiger partial charge is 0.204 e. The maximum Gasteiger partial charge on any atom is 0.204 e. The molecule has 1 aromatic carbocycles. The van der Waals surface area contributed by atoms with Crippen LogP contribution in [0.1, 0.15) is 21.7 Å². The molecule has 2 rings (SSSR count). The van der Waals surface area contributed by atoms with E-state index in [-0.39, 0.29) is 11.6 Å². The largest absolute Gasteiger partial charge is 0.290 e. The maximum absolute atomic E-state index is 11.8. The minimum absolute atomic E-state index is 0.0498. The van der Waals surface area contributed by atoms with Gasteiger partial charge in [-0.25, -0.2) is 9.97 Å². The molecule has 3 nitrogen and oxygen atoms in total. The van der Waals surface area contributed by atoms with Crippen LogP contribution < -0.4 is 0 Å². The Labute approximate surface area is 94.2 Å². The van der Waals surface area contributed by atoms with Crippen molar-refractivity contribution in [3.05, 3.63) is 59.7 Å². The first-order valence-corrected chi connectivity index (χ1v) is 5.11. The molecule has 0 aliphatic carbocycles. The summed E-state index contributed by atoms with van der Waals surface area (Å²) in [5.74, 6) is 0.237. The molecule has 0 amide bonds. The van der Waals surface area contributed by atoms with Gasteiger partial charge in [0.05, 0.1) is 0 Å². The van der Waals surface area contributed by atoms with Crippen LogP contribution in [0.25, 0.3) is 0 Å². The van der Waals surface area contributed by atoms with Gasteiger partial charge >= 0.3 is 0 Å². The fourth-order valence-corrected chi connectivity index (χ4v) is 1.40. The van der Waals surface area contributed by atoms with Gasteiger partial charge in [-0.15, -0.1) is 0 Å². The summed E-state index contributed by atoms with van der Waals surface area (Å²) in [6.07, 6.45) is 3.67. The van der Waals surface area contributed by atoms with Crippen LogP contribution in [0.4, 0.5) is 0 Å². The van der Waals surface area contributed by atoms with Crippen molar-refractivity contribution >= 4 is 5.78 Å². The van der Waals surface area contributed by atoms with Crippen molar-refractivity contribution in [2.24, 2.45) is 0 Å². The van der Waals surface area contributed by atoms with Crippen molar-refractivity contribution < 1.29 is 4.79 Å². The molecule has 0 bridgehead atoms. The van der Waals surface area contributed by atoms with E-state index in [2.05, 4.69) is 9.97 Å². The number of aromatic nitrogens is 2. The third kappa shape index (κ3) is 2.51. The summed E-state index contributed by atoms with van der Waals surface area (Å²) >= 11 is 0. The highest BCUT2D eigenvalue weighted by Crippen LogP contribution is 2.04. The Kier molecular flexibility index (Phi) is 3.05. The van der Waals surface area contributed by atoms with E-state index in [0.717, 1.165) is 11.1 Å². The van der Waals surface area contributed by atoms with Gasteiger partial charge in [-0.2, -0.15) is 0 Å². The van der Waals surface area contributed by atoms with Crippen LogP contribution in [-0.4, -0.2) is 15.8 Å². The number of carbonyl (C=O) groups is 1. The van der Waals surface area contributed by atoms with Crippen molar-refractivity contribution in [1.82, 2.24) is 9.97 Å². The molecule has 0 aliphatic rings. The van der Waals surface area contributed by atoms with E-state index in [1.807, 2.05) is 37.3 Å². The normalized spacial score (nSPS) is 10.1. The van der Waals surface area contributed by atoms with E-state index in [0.29, 0.717) is 6.42 Å². The van der Waals surface area contributed by atoms with Crippen molar-refractivity contribution in [2.75, 3.05) is 0 Å². The molecule has 0 spiro atoms. The van der Waals surface area contributed by atoms with Crippen LogP contribution in [0.5, 0.6) is 0 Å². The highest BCUT2D eigenvalue weighted by molar-refractivity contribution is 5.93. The predicted octanol–water partition coefficient (Wildman–Crippen LogP) is 2.21. The second kappa shape index (κ2) is 4.66. The number of benzene rings is 1. The second-order valence-electron chi connectivity index (χ2n) is 3.67. The lowest BCUT2D eigenvalue weighted by atomic mass is 10.1. The second-order valence-corrected chi connectivity index (χ2v) is 3.67. The first-order chi connectivity index (χ1) is 7.75. The summed E-state index contributed by atoms with van der Waals surface area (Å²) in [5.41, 5.74) is 1.94. The van der Waals surface area contributed by atoms with Gasteiger partial charge in [-0.3, -0.25) is 4.79 Å². The fraction of sp³-hybridized carbons (Fsp3) is 0.154. The maximum atomic E-state index is 11.8. The van der Waals surface area contributed by atoms with E-state index >= 15 is 0 Å². The van der Waals surface area contributed by atoms with Gasteiger partial charge in [-0.1, -0.05) is 30.3 Å². The molecule has 0 saturated heterocycles. The first kappa shape index (κ1) is 10.5. The molecule has 0 saturated carbocycles. The van der Waals surface area contributed by atoms with Gasteiger partial charge in [0.15, 0.2) is 5.82 Å². The highest BCUT2D eigenvalue weighted by Gasteiger charge is 2.09. The topological polar surface area (TPSA) is 42.9 Å². The molecule has 2 aromatic rings. The van der Waals surface area contributed by atoms with Gasteiger partial charge < -0.3 is 0 Å². The number of Topliss-reactive ketones (excluding diaryl/α,β-unsaturated/α-hetero) is 1. The van der Waals surface area contributed by atoms with E-state index in [9.17, 15) is 4.79 Å². The van der Waals surface area contributed by atoms with E-state index in [1.165, 1.54) is 0 Å².